The molecule has 1 heterocycles. The van der Waals surface area contributed by atoms with E-state index in [4.69, 9.17) is 9.26 Å². The van der Waals surface area contributed by atoms with E-state index >= 15 is 0 Å². The van der Waals surface area contributed by atoms with Crippen molar-refractivity contribution in [2.24, 2.45) is 0 Å². The molecule has 1 fully saturated rings. The summed E-state index contributed by atoms with van der Waals surface area (Å²) in [5.74, 6) is -0.232. The third-order valence-corrected chi connectivity index (χ3v) is 3.22. The number of carbonyl (C=O) groups is 1. The number of aryl methyl sites for hydroxylation is 1. The first-order valence-electron chi connectivity index (χ1n) is 5.67. The maximum atomic E-state index is 11.1. The van der Waals surface area contributed by atoms with Crippen molar-refractivity contribution < 1.29 is 14.1 Å². The van der Waals surface area contributed by atoms with Gasteiger partial charge in [-0.05, 0) is 37.5 Å². The third-order valence-electron chi connectivity index (χ3n) is 3.22. The number of esters is 1. The van der Waals surface area contributed by atoms with Crippen LogP contribution in [0.2, 0.25) is 0 Å². The molecule has 0 atom stereocenters. The summed E-state index contributed by atoms with van der Waals surface area (Å²) >= 11 is 0. The first-order chi connectivity index (χ1) is 8.11. The molecule has 1 aliphatic carbocycles. The second-order valence-electron chi connectivity index (χ2n) is 4.57. The van der Waals surface area contributed by atoms with E-state index in [0.717, 1.165) is 35.1 Å². The molecule has 2 aromatic rings. The number of hydrogen-bond donors (Lipinski definition) is 0. The first-order valence-corrected chi connectivity index (χ1v) is 5.67. The number of nitrogens with zero attached hydrogens (tertiary/aromatic N) is 1. The molecule has 0 aliphatic heterocycles. The average molecular weight is 231 g/mol. The Balaban J connectivity index is 2.06. The summed E-state index contributed by atoms with van der Waals surface area (Å²) in [6, 6.07) is 5.84. The second-order valence-corrected chi connectivity index (χ2v) is 4.57. The maximum Gasteiger partial charge on any atom is 0.303 e. The van der Waals surface area contributed by atoms with Crippen LogP contribution in [0, 0.1) is 6.92 Å². The Morgan fingerprint density at radius 2 is 2.24 bits per heavy atom. The number of hydrogen-bond acceptors (Lipinski definition) is 4. The van der Waals surface area contributed by atoms with E-state index in [1.54, 1.807) is 0 Å². The predicted molar refractivity (Wildman–Crippen MR) is 61.4 cm³/mol. The van der Waals surface area contributed by atoms with Crippen molar-refractivity contribution in [2.45, 2.75) is 32.3 Å². The normalized spacial score (nSPS) is 17.1. The zero-order valence-corrected chi connectivity index (χ0v) is 9.82. The molecule has 4 nitrogen and oxygen atoms in total. The van der Waals surface area contributed by atoms with Gasteiger partial charge in [-0.2, -0.15) is 0 Å². The van der Waals surface area contributed by atoms with Crippen LogP contribution in [0.3, 0.4) is 0 Å². The van der Waals surface area contributed by atoms with Gasteiger partial charge in [-0.1, -0.05) is 11.2 Å². The van der Waals surface area contributed by atoms with Gasteiger partial charge < -0.3 is 9.26 Å². The molecule has 0 radical (unpaired) electrons. The summed E-state index contributed by atoms with van der Waals surface area (Å²) in [6.07, 6.45) is 1.78. The Morgan fingerprint density at radius 3 is 2.88 bits per heavy atom. The molecular weight excluding hydrogens is 218 g/mol. The van der Waals surface area contributed by atoms with Crippen LogP contribution in [-0.4, -0.2) is 11.1 Å². The summed E-state index contributed by atoms with van der Waals surface area (Å²) in [6.45, 7) is 3.35. The lowest BCUT2D eigenvalue weighted by atomic mass is 10.0. The topological polar surface area (TPSA) is 52.3 Å². The van der Waals surface area contributed by atoms with Crippen molar-refractivity contribution in [1.29, 1.82) is 0 Å². The highest BCUT2D eigenvalue weighted by molar-refractivity contribution is 5.80. The van der Waals surface area contributed by atoms with Crippen LogP contribution in [0.4, 0.5) is 0 Å². The van der Waals surface area contributed by atoms with Crippen LogP contribution in [0.1, 0.15) is 31.0 Å². The van der Waals surface area contributed by atoms with Gasteiger partial charge in [-0.15, -0.1) is 0 Å². The molecule has 0 unspecified atom stereocenters. The van der Waals surface area contributed by atoms with Crippen molar-refractivity contribution in [2.75, 3.05) is 0 Å². The van der Waals surface area contributed by atoms with Gasteiger partial charge in [0.15, 0.2) is 5.58 Å². The molecule has 3 rings (SSSR count). The fraction of sp³-hybridized carbons (Fsp3) is 0.385. The SMILES string of the molecule is CC(=O)OC1(c2ccc3onc(C)c3c2)CC1. The molecule has 1 saturated carbocycles. The zero-order valence-electron chi connectivity index (χ0n) is 9.82. The van der Waals surface area contributed by atoms with E-state index in [9.17, 15) is 4.79 Å². The number of carbonyl (C=O) groups excluding carboxylic acids is 1. The smallest absolute Gasteiger partial charge is 0.303 e. The van der Waals surface area contributed by atoms with Gasteiger partial charge in [0.1, 0.15) is 5.60 Å². The Labute approximate surface area is 98.5 Å². The minimum absolute atomic E-state index is 0.232. The third kappa shape index (κ3) is 1.60. The lowest BCUT2D eigenvalue weighted by molar-refractivity contribution is -0.149. The highest BCUT2D eigenvalue weighted by Gasteiger charge is 2.48. The van der Waals surface area contributed by atoms with Crippen LogP contribution in [0.25, 0.3) is 11.0 Å². The average Bonchev–Trinajstić information content (AvgIpc) is 2.97. The molecule has 17 heavy (non-hydrogen) atoms. The van der Waals surface area contributed by atoms with E-state index < -0.39 is 5.60 Å². The Kier molecular flexibility index (Phi) is 2.02. The van der Waals surface area contributed by atoms with Crippen LogP contribution in [-0.2, 0) is 15.1 Å². The molecule has 0 N–H and O–H groups in total. The summed E-state index contributed by atoms with van der Waals surface area (Å²) in [7, 11) is 0. The molecular formula is C13H13NO3. The molecule has 1 aromatic carbocycles. The molecule has 0 bridgehead atoms. The van der Waals surface area contributed by atoms with Crippen molar-refractivity contribution in [1.82, 2.24) is 5.16 Å². The fourth-order valence-corrected chi connectivity index (χ4v) is 2.18. The minimum Gasteiger partial charge on any atom is -0.454 e. The molecule has 0 amide bonds. The van der Waals surface area contributed by atoms with Crippen LogP contribution >= 0.6 is 0 Å². The molecule has 4 heteroatoms. The zero-order chi connectivity index (χ0) is 12.0. The number of rotatable bonds is 2. The van der Waals surface area contributed by atoms with E-state index in [1.807, 2.05) is 25.1 Å². The highest BCUT2D eigenvalue weighted by atomic mass is 16.6. The van der Waals surface area contributed by atoms with Crippen molar-refractivity contribution in [3.05, 3.63) is 29.5 Å². The van der Waals surface area contributed by atoms with Crippen molar-refractivity contribution in [3.8, 4) is 0 Å². The van der Waals surface area contributed by atoms with Crippen molar-refractivity contribution >= 4 is 16.9 Å². The lowest BCUT2D eigenvalue weighted by Crippen LogP contribution is -2.15. The number of benzene rings is 1. The van der Waals surface area contributed by atoms with E-state index in [-0.39, 0.29) is 5.97 Å². The first kappa shape index (κ1) is 10.3. The van der Waals surface area contributed by atoms with Gasteiger partial charge in [0.05, 0.1) is 5.69 Å². The second kappa shape index (κ2) is 3.32. The fourth-order valence-electron chi connectivity index (χ4n) is 2.18. The van der Waals surface area contributed by atoms with E-state index in [1.165, 1.54) is 6.92 Å². The minimum atomic E-state index is -0.399. The lowest BCUT2D eigenvalue weighted by Gasteiger charge is -2.15. The molecule has 0 saturated heterocycles. The van der Waals surface area contributed by atoms with Crippen LogP contribution < -0.4 is 0 Å². The summed E-state index contributed by atoms with van der Waals surface area (Å²) in [5, 5.41) is 4.90. The Morgan fingerprint density at radius 1 is 1.47 bits per heavy atom. The van der Waals surface area contributed by atoms with Crippen LogP contribution in [0.5, 0.6) is 0 Å². The number of aromatic nitrogens is 1. The van der Waals surface area contributed by atoms with Gasteiger partial charge in [-0.3, -0.25) is 4.79 Å². The largest absolute Gasteiger partial charge is 0.454 e. The maximum absolute atomic E-state index is 11.1. The molecule has 1 aromatic heterocycles. The van der Waals surface area contributed by atoms with E-state index in [2.05, 4.69) is 5.16 Å². The van der Waals surface area contributed by atoms with Gasteiger partial charge in [0.2, 0.25) is 0 Å². The van der Waals surface area contributed by atoms with Crippen molar-refractivity contribution in [3.63, 3.8) is 0 Å². The van der Waals surface area contributed by atoms with E-state index in [0.29, 0.717) is 0 Å². The number of fused-ring (bicyclic) bond motifs is 1. The molecule has 1 aliphatic rings. The summed E-state index contributed by atoms with van der Waals surface area (Å²) in [5.41, 5.74) is 2.26. The van der Waals surface area contributed by atoms with Gasteiger partial charge >= 0.3 is 5.97 Å². The van der Waals surface area contributed by atoms with Gasteiger partial charge in [0.25, 0.3) is 0 Å². The summed E-state index contributed by atoms with van der Waals surface area (Å²) in [4.78, 5) is 11.1. The number of ether oxygens (including phenoxy) is 1. The Hall–Kier alpha value is -1.84. The molecule has 88 valence electrons. The highest BCUT2D eigenvalue weighted by Crippen LogP contribution is 2.49. The van der Waals surface area contributed by atoms with Gasteiger partial charge in [0, 0.05) is 12.3 Å². The molecule has 0 spiro atoms. The van der Waals surface area contributed by atoms with Crippen LogP contribution in [0.15, 0.2) is 22.7 Å². The van der Waals surface area contributed by atoms with Gasteiger partial charge in [-0.25, -0.2) is 0 Å². The quantitative estimate of drug-likeness (QED) is 0.745. The standard InChI is InChI=1S/C13H13NO3/c1-8-11-7-10(3-4-12(11)17-14-8)13(5-6-13)16-9(2)15/h3-4,7H,5-6H2,1-2H3. The summed E-state index contributed by atoms with van der Waals surface area (Å²) < 4.78 is 10.6. The Bertz CT molecular complexity index is 596. The predicted octanol–water partition coefficient (Wildman–Crippen LogP) is 2.69. The monoisotopic (exact) mass is 231 g/mol.